The van der Waals surface area contributed by atoms with Crippen LogP contribution >= 0.6 is 0 Å². The van der Waals surface area contributed by atoms with Gasteiger partial charge in [0.15, 0.2) is 6.29 Å². The number of carbonyl (C=O) groups is 1. The van der Waals surface area contributed by atoms with Crippen LogP contribution < -0.4 is 5.32 Å². The number of ether oxygens (including phenoxy) is 2. The Kier molecular flexibility index (Phi) is 34.7. The smallest absolute Gasteiger partial charge is 0.220 e. The van der Waals surface area contributed by atoms with Crippen LogP contribution in [-0.2, 0) is 14.3 Å². The number of rotatable bonds is 38. The lowest BCUT2D eigenvalue weighted by Gasteiger charge is -2.40. The molecular weight excluding hydrogens is 695 g/mol. The van der Waals surface area contributed by atoms with E-state index in [0.717, 1.165) is 44.9 Å². The van der Waals surface area contributed by atoms with Gasteiger partial charge in [0, 0.05) is 6.42 Å². The third-order valence-electron chi connectivity index (χ3n) is 11.0. The van der Waals surface area contributed by atoms with E-state index in [1.807, 2.05) is 6.08 Å². The Morgan fingerprint density at radius 1 is 0.600 bits per heavy atom. The number of aliphatic hydroxyl groups excluding tert-OH is 5. The molecule has 0 aromatic heterocycles. The number of unbranched alkanes of at least 4 members (excludes halogenated alkanes) is 26. The van der Waals surface area contributed by atoms with Crippen LogP contribution in [0.2, 0.25) is 0 Å². The molecule has 324 valence electrons. The van der Waals surface area contributed by atoms with E-state index in [0.29, 0.717) is 6.42 Å². The number of carbonyl (C=O) groups excluding carboxylic acids is 1. The largest absolute Gasteiger partial charge is 0.394 e. The highest BCUT2D eigenvalue weighted by atomic mass is 16.7. The van der Waals surface area contributed by atoms with Crippen molar-refractivity contribution >= 4 is 5.91 Å². The highest BCUT2D eigenvalue weighted by Crippen LogP contribution is 2.23. The van der Waals surface area contributed by atoms with Crippen molar-refractivity contribution in [1.82, 2.24) is 5.32 Å². The number of aliphatic hydroxyl groups is 5. The van der Waals surface area contributed by atoms with Gasteiger partial charge in [-0.1, -0.05) is 199 Å². The first kappa shape index (κ1) is 51.7. The summed E-state index contributed by atoms with van der Waals surface area (Å²) in [6.07, 6.45) is 37.0. The van der Waals surface area contributed by atoms with E-state index in [1.54, 1.807) is 6.08 Å². The minimum Gasteiger partial charge on any atom is -0.394 e. The third-order valence-corrected chi connectivity index (χ3v) is 11.0. The van der Waals surface area contributed by atoms with E-state index in [1.165, 1.54) is 141 Å². The summed E-state index contributed by atoms with van der Waals surface area (Å²) >= 11 is 0. The molecule has 1 heterocycles. The van der Waals surface area contributed by atoms with Gasteiger partial charge in [-0.05, 0) is 25.7 Å². The summed E-state index contributed by atoms with van der Waals surface area (Å²) in [7, 11) is 0. The molecule has 1 aliphatic rings. The van der Waals surface area contributed by atoms with Crippen molar-refractivity contribution in [3.63, 3.8) is 0 Å². The molecule has 0 aromatic rings. The maximum absolute atomic E-state index is 12.9. The van der Waals surface area contributed by atoms with Crippen LogP contribution in [0, 0.1) is 0 Å². The average Bonchev–Trinajstić information content (AvgIpc) is 3.18. The molecule has 1 rings (SSSR count). The second-order valence-corrected chi connectivity index (χ2v) is 16.2. The average molecular weight is 782 g/mol. The summed E-state index contributed by atoms with van der Waals surface area (Å²) in [6, 6.07) is -0.814. The lowest BCUT2D eigenvalue weighted by atomic mass is 9.99. The highest BCUT2D eigenvalue weighted by Gasteiger charge is 2.44. The van der Waals surface area contributed by atoms with Gasteiger partial charge in [-0.25, -0.2) is 0 Å². The zero-order valence-corrected chi connectivity index (χ0v) is 35.4. The van der Waals surface area contributed by atoms with Crippen LogP contribution in [0.1, 0.15) is 206 Å². The molecule has 0 spiro atoms. The van der Waals surface area contributed by atoms with Crippen molar-refractivity contribution in [2.75, 3.05) is 13.2 Å². The zero-order chi connectivity index (χ0) is 40.2. The fourth-order valence-corrected chi connectivity index (χ4v) is 7.30. The molecule has 7 atom stereocenters. The zero-order valence-electron chi connectivity index (χ0n) is 35.4. The topological polar surface area (TPSA) is 149 Å². The van der Waals surface area contributed by atoms with Gasteiger partial charge in [-0.2, -0.15) is 0 Å². The fraction of sp³-hybridized carbons (Fsp3) is 0.891. The Bertz CT molecular complexity index is 914. The molecule has 1 fully saturated rings. The van der Waals surface area contributed by atoms with Gasteiger partial charge >= 0.3 is 0 Å². The van der Waals surface area contributed by atoms with Crippen LogP contribution in [0.15, 0.2) is 24.3 Å². The number of hydrogen-bond acceptors (Lipinski definition) is 8. The lowest BCUT2D eigenvalue weighted by Crippen LogP contribution is -2.60. The molecule has 0 aromatic carbocycles. The number of amides is 1. The minimum atomic E-state index is -1.57. The van der Waals surface area contributed by atoms with E-state index in [2.05, 4.69) is 31.3 Å². The first-order chi connectivity index (χ1) is 26.8. The molecule has 0 saturated carbocycles. The molecule has 9 nitrogen and oxygen atoms in total. The highest BCUT2D eigenvalue weighted by molar-refractivity contribution is 5.76. The molecule has 1 aliphatic heterocycles. The number of allylic oxidation sites excluding steroid dienone is 3. The van der Waals surface area contributed by atoms with E-state index in [9.17, 15) is 30.3 Å². The molecule has 1 saturated heterocycles. The molecule has 55 heavy (non-hydrogen) atoms. The second kappa shape index (κ2) is 37.0. The molecule has 0 aliphatic carbocycles. The maximum atomic E-state index is 12.9. The molecule has 7 unspecified atom stereocenters. The van der Waals surface area contributed by atoms with Crippen LogP contribution in [-0.4, -0.2) is 87.5 Å². The van der Waals surface area contributed by atoms with Crippen molar-refractivity contribution in [2.45, 2.75) is 249 Å². The first-order valence-corrected chi connectivity index (χ1v) is 23.1. The van der Waals surface area contributed by atoms with Crippen molar-refractivity contribution in [3.8, 4) is 0 Å². The Morgan fingerprint density at radius 3 is 1.49 bits per heavy atom. The number of hydrogen-bond donors (Lipinski definition) is 6. The van der Waals surface area contributed by atoms with Crippen LogP contribution in [0.4, 0.5) is 0 Å². The van der Waals surface area contributed by atoms with Gasteiger partial charge in [0.05, 0.1) is 25.4 Å². The number of nitrogens with one attached hydrogen (secondary N) is 1. The Hall–Kier alpha value is -1.33. The molecule has 6 N–H and O–H groups in total. The second-order valence-electron chi connectivity index (χ2n) is 16.2. The van der Waals surface area contributed by atoms with Crippen LogP contribution in [0.5, 0.6) is 0 Å². The van der Waals surface area contributed by atoms with Crippen molar-refractivity contribution in [1.29, 1.82) is 0 Å². The normalized spacial score (nSPS) is 21.5. The monoisotopic (exact) mass is 782 g/mol. The van der Waals surface area contributed by atoms with E-state index in [-0.39, 0.29) is 12.5 Å². The van der Waals surface area contributed by atoms with Gasteiger partial charge in [-0.15, -0.1) is 0 Å². The van der Waals surface area contributed by atoms with Crippen molar-refractivity contribution < 1.29 is 39.8 Å². The van der Waals surface area contributed by atoms with Crippen molar-refractivity contribution in [3.05, 3.63) is 24.3 Å². The summed E-state index contributed by atoms with van der Waals surface area (Å²) in [6.45, 7) is 3.65. The van der Waals surface area contributed by atoms with Crippen molar-refractivity contribution in [2.24, 2.45) is 0 Å². The summed E-state index contributed by atoms with van der Waals surface area (Å²) in [5, 5.41) is 53.8. The van der Waals surface area contributed by atoms with Gasteiger partial charge in [0.25, 0.3) is 0 Å². The van der Waals surface area contributed by atoms with Crippen LogP contribution in [0.3, 0.4) is 0 Å². The van der Waals surface area contributed by atoms with E-state index >= 15 is 0 Å². The van der Waals surface area contributed by atoms with Gasteiger partial charge in [-0.3, -0.25) is 4.79 Å². The predicted molar refractivity (Wildman–Crippen MR) is 226 cm³/mol. The molecule has 0 bridgehead atoms. The maximum Gasteiger partial charge on any atom is 0.220 e. The third kappa shape index (κ3) is 27.9. The minimum absolute atomic E-state index is 0.188. The summed E-state index contributed by atoms with van der Waals surface area (Å²) in [5.74, 6) is -0.188. The summed E-state index contributed by atoms with van der Waals surface area (Å²) in [4.78, 5) is 12.9. The standard InChI is InChI=1S/C46H87NO8/c1-3-5-7-9-11-12-13-14-15-16-17-18-19-20-21-22-23-24-25-26-27-28-30-32-34-36-42(50)47-39(40(49)35-33-31-29-10-8-6-4-2)38-54-46-45(53)44(52)43(51)41(37-48)55-46/h8,10,33,35,39-41,43-46,48-49,51-53H,3-7,9,11-32,34,36-38H2,1-2H3,(H,47,50)/b10-8+,35-33+. The van der Waals surface area contributed by atoms with Gasteiger partial charge < -0.3 is 40.3 Å². The van der Waals surface area contributed by atoms with E-state index in [4.69, 9.17) is 9.47 Å². The van der Waals surface area contributed by atoms with Gasteiger partial charge in [0.2, 0.25) is 5.91 Å². The summed E-state index contributed by atoms with van der Waals surface area (Å²) < 4.78 is 11.1. The lowest BCUT2D eigenvalue weighted by molar-refractivity contribution is -0.302. The molecule has 0 radical (unpaired) electrons. The first-order valence-electron chi connectivity index (χ1n) is 23.1. The quantitative estimate of drug-likeness (QED) is 0.0268. The molecule has 9 heteroatoms. The molecule has 1 amide bonds. The Morgan fingerprint density at radius 2 is 1.04 bits per heavy atom. The summed E-state index contributed by atoms with van der Waals surface area (Å²) in [5.41, 5.74) is 0. The predicted octanol–water partition coefficient (Wildman–Crippen LogP) is 9.50. The Labute approximate surface area is 337 Å². The molecular formula is C46H87NO8. The fourth-order valence-electron chi connectivity index (χ4n) is 7.30. The van der Waals surface area contributed by atoms with Crippen LogP contribution in [0.25, 0.3) is 0 Å². The SMILES string of the molecule is CCC/C=C/CC/C=C/C(O)C(COC1OC(CO)C(O)C(O)C1O)NC(=O)CCCCCCCCCCCCCCCCCCCCCCCCCCC. The van der Waals surface area contributed by atoms with Gasteiger partial charge in [0.1, 0.15) is 24.4 Å². The Balaban J connectivity index is 2.15. The van der Waals surface area contributed by atoms with E-state index < -0.39 is 49.5 Å².